The van der Waals surface area contributed by atoms with E-state index in [1.165, 1.54) is 64.2 Å². The zero-order valence-corrected chi connectivity index (χ0v) is 23.0. The number of anilines is 1. The number of carbonyl (C=O) groups is 2. The van der Waals surface area contributed by atoms with Crippen LogP contribution >= 0.6 is 0 Å². The number of nitrogens with two attached hydrogens (primary N) is 1. The number of methoxy groups -OCH3 is 1. The van der Waals surface area contributed by atoms with Crippen molar-refractivity contribution in [1.29, 1.82) is 0 Å². The molecular formula is C30H44N4O4. The summed E-state index contributed by atoms with van der Waals surface area (Å²) in [6.45, 7) is 5.25. The van der Waals surface area contributed by atoms with Gasteiger partial charge in [0.1, 0.15) is 12.4 Å². The molecule has 8 nitrogen and oxygen atoms in total. The average Bonchev–Trinajstić information content (AvgIpc) is 2.93. The van der Waals surface area contributed by atoms with Crippen LogP contribution in [0.25, 0.3) is 0 Å². The predicted octanol–water partition coefficient (Wildman–Crippen LogP) is 3.97. The molecule has 1 saturated carbocycles. The molecule has 0 unspecified atom stereocenters. The molecule has 2 aliphatic heterocycles. The fourth-order valence-electron chi connectivity index (χ4n) is 5.81. The maximum absolute atomic E-state index is 12.0. The first-order valence-corrected chi connectivity index (χ1v) is 13.8. The van der Waals surface area contributed by atoms with Crippen LogP contribution in [0.15, 0.2) is 42.5 Å². The van der Waals surface area contributed by atoms with Crippen LogP contribution in [0.5, 0.6) is 0 Å². The van der Waals surface area contributed by atoms with Crippen molar-refractivity contribution >= 4 is 18.3 Å². The second-order valence-electron chi connectivity index (χ2n) is 10.4. The van der Waals surface area contributed by atoms with Crippen molar-refractivity contribution in [1.82, 2.24) is 9.88 Å². The summed E-state index contributed by atoms with van der Waals surface area (Å²) < 4.78 is 9.24. The van der Waals surface area contributed by atoms with Gasteiger partial charge in [-0.1, -0.05) is 36.4 Å². The highest BCUT2D eigenvalue weighted by atomic mass is 16.5. The first-order valence-electron chi connectivity index (χ1n) is 13.8. The van der Waals surface area contributed by atoms with Gasteiger partial charge in [0.15, 0.2) is 0 Å². The zero-order chi connectivity index (χ0) is 27.2. The molecule has 5 rings (SSSR count). The number of nitrogens with zero attached hydrogens (tertiary/aromatic N) is 2. The Bertz CT molecular complexity index is 987. The van der Waals surface area contributed by atoms with Crippen LogP contribution in [-0.4, -0.2) is 62.7 Å². The topological polar surface area (TPSA) is 107 Å². The highest BCUT2D eigenvalue weighted by Crippen LogP contribution is 2.53. The number of hydrogen-bond donors (Lipinski definition) is 2. The van der Waals surface area contributed by atoms with Gasteiger partial charge in [-0.25, -0.2) is 4.98 Å². The van der Waals surface area contributed by atoms with Gasteiger partial charge in [0, 0.05) is 31.7 Å². The van der Waals surface area contributed by atoms with Crippen LogP contribution in [0.3, 0.4) is 0 Å². The summed E-state index contributed by atoms with van der Waals surface area (Å²) in [5, 5.41) is 3.45. The third-order valence-corrected chi connectivity index (χ3v) is 7.52. The van der Waals surface area contributed by atoms with Gasteiger partial charge in [-0.05, 0) is 87.1 Å². The molecule has 1 spiro atoms. The Labute approximate surface area is 227 Å². The second-order valence-corrected chi connectivity index (χ2v) is 10.4. The minimum atomic E-state index is -0.0845. The number of benzene rings is 1. The molecule has 3 aliphatic rings. The Morgan fingerprint density at radius 1 is 1.18 bits per heavy atom. The fraction of sp³-hybridized carbons (Fsp3) is 0.567. The van der Waals surface area contributed by atoms with Gasteiger partial charge in [0.2, 0.25) is 0 Å². The summed E-state index contributed by atoms with van der Waals surface area (Å²) in [5.74, 6) is 1.90. The first-order chi connectivity index (χ1) is 18.6. The number of aryl methyl sites for hydroxylation is 2. The Balaban J connectivity index is 0.000000612. The van der Waals surface area contributed by atoms with Gasteiger partial charge >= 0.3 is 5.97 Å². The lowest BCUT2D eigenvalue weighted by molar-refractivity contribution is -0.145. The molecule has 0 amide bonds. The molecule has 0 bridgehead atoms. The minimum Gasteiger partial charge on any atom is -0.471 e. The van der Waals surface area contributed by atoms with Crippen molar-refractivity contribution in [2.75, 3.05) is 45.7 Å². The Hall–Kier alpha value is -2.97. The van der Waals surface area contributed by atoms with Gasteiger partial charge in [0.05, 0.1) is 7.11 Å². The van der Waals surface area contributed by atoms with Crippen LogP contribution in [-0.2, 0) is 38.5 Å². The number of ether oxygens (including phenoxy) is 2. The van der Waals surface area contributed by atoms with Crippen LogP contribution in [0.4, 0.5) is 5.82 Å². The number of carbonyl (C=O) groups excluding carboxylic acids is 2. The summed E-state index contributed by atoms with van der Waals surface area (Å²) in [6.07, 6.45) is 8.88. The predicted molar refractivity (Wildman–Crippen MR) is 150 cm³/mol. The lowest BCUT2D eigenvalue weighted by atomic mass is 9.56. The number of pyridine rings is 1. The van der Waals surface area contributed by atoms with E-state index in [0.29, 0.717) is 24.9 Å². The van der Waals surface area contributed by atoms with E-state index in [2.05, 4.69) is 32.8 Å². The van der Waals surface area contributed by atoms with Crippen molar-refractivity contribution in [3.63, 3.8) is 0 Å². The van der Waals surface area contributed by atoms with E-state index < -0.39 is 0 Å². The SMILES string of the molecule is CN.COC=O.O=C(CCCN1CC2(CC(CCc3ccc4c(n3)NCCC4)C2)C1)OCc1ccccc1. The fourth-order valence-corrected chi connectivity index (χ4v) is 5.81. The molecule has 2 aromatic rings. The van der Waals surface area contributed by atoms with Crippen molar-refractivity contribution in [2.24, 2.45) is 17.1 Å². The van der Waals surface area contributed by atoms with E-state index in [-0.39, 0.29) is 5.97 Å². The normalized spacial score (nSPS) is 17.1. The molecule has 1 aliphatic carbocycles. The Morgan fingerprint density at radius 3 is 2.63 bits per heavy atom. The van der Waals surface area contributed by atoms with E-state index in [1.807, 2.05) is 30.3 Å². The summed E-state index contributed by atoms with van der Waals surface area (Å²) in [4.78, 5) is 28.3. The zero-order valence-electron chi connectivity index (χ0n) is 23.0. The van der Waals surface area contributed by atoms with Gasteiger partial charge in [-0.3, -0.25) is 9.59 Å². The Kier molecular flexibility index (Phi) is 12.0. The van der Waals surface area contributed by atoms with Gasteiger partial charge in [-0.15, -0.1) is 0 Å². The number of hydrogen-bond acceptors (Lipinski definition) is 8. The first kappa shape index (κ1) is 29.6. The molecule has 2 fully saturated rings. The van der Waals surface area contributed by atoms with Gasteiger partial charge < -0.3 is 25.4 Å². The molecular weight excluding hydrogens is 480 g/mol. The number of esters is 1. The third-order valence-electron chi connectivity index (χ3n) is 7.52. The highest BCUT2D eigenvalue weighted by Gasteiger charge is 2.51. The maximum atomic E-state index is 12.0. The average molecular weight is 525 g/mol. The summed E-state index contributed by atoms with van der Waals surface area (Å²) in [7, 11) is 2.81. The summed E-state index contributed by atoms with van der Waals surface area (Å²) >= 11 is 0. The monoisotopic (exact) mass is 524 g/mol. The molecule has 208 valence electrons. The van der Waals surface area contributed by atoms with E-state index in [4.69, 9.17) is 14.5 Å². The molecule has 38 heavy (non-hydrogen) atoms. The molecule has 1 aromatic heterocycles. The van der Waals surface area contributed by atoms with E-state index >= 15 is 0 Å². The van der Waals surface area contributed by atoms with Crippen molar-refractivity contribution < 1.29 is 19.1 Å². The van der Waals surface area contributed by atoms with Gasteiger partial charge in [0.25, 0.3) is 6.47 Å². The molecule has 3 heterocycles. The van der Waals surface area contributed by atoms with Gasteiger partial charge in [-0.2, -0.15) is 0 Å². The minimum absolute atomic E-state index is 0.0845. The third kappa shape index (κ3) is 8.81. The standard InChI is InChI=1S/C27H35N3O2.C2H4O2.CH5N/c31-25(32-18-21-6-2-1-3-7-21)9-5-15-30-19-27(20-30)16-22(17-27)10-12-24-13-11-23-8-4-14-28-26(23)29-24;1-4-2-3;1-2/h1-3,6-7,11,13,22H,4-5,8-10,12,14-20H2,(H,28,29);2H,1H3;2H2,1H3. The largest absolute Gasteiger partial charge is 0.471 e. The van der Waals surface area contributed by atoms with E-state index in [1.54, 1.807) is 0 Å². The molecule has 8 heteroatoms. The van der Waals surface area contributed by atoms with Crippen LogP contribution in [0.1, 0.15) is 55.3 Å². The molecule has 0 atom stereocenters. The van der Waals surface area contributed by atoms with Crippen molar-refractivity contribution in [2.45, 2.75) is 58.0 Å². The van der Waals surface area contributed by atoms with Crippen molar-refractivity contribution in [3.05, 3.63) is 59.3 Å². The number of likely N-dealkylation sites (tertiary alicyclic amines) is 1. The molecule has 1 aromatic carbocycles. The quantitative estimate of drug-likeness (QED) is 0.355. The Morgan fingerprint density at radius 2 is 1.92 bits per heavy atom. The molecule has 0 radical (unpaired) electrons. The van der Waals surface area contributed by atoms with Crippen LogP contribution < -0.4 is 11.1 Å². The summed E-state index contributed by atoms with van der Waals surface area (Å²) in [5.41, 5.74) is 8.74. The van der Waals surface area contributed by atoms with E-state index in [0.717, 1.165) is 49.7 Å². The van der Waals surface area contributed by atoms with Crippen molar-refractivity contribution in [3.8, 4) is 0 Å². The van der Waals surface area contributed by atoms with Crippen LogP contribution in [0.2, 0.25) is 0 Å². The molecule has 1 saturated heterocycles. The number of nitrogens with one attached hydrogen (secondary N) is 1. The van der Waals surface area contributed by atoms with E-state index in [9.17, 15) is 4.79 Å². The summed E-state index contributed by atoms with van der Waals surface area (Å²) in [6, 6.07) is 14.4. The number of rotatable bonds is 10. The number of aromatic nitrogens is 1. The molecule has 3 N–H and O–H groups in total. The highest BCUT2D eigenvalue weighted by molar-refractivity contribution is 5.69. The smallest absolute Gasteiger partial charge is 0.306 e. The second kappa shape index (κ2) is 15.4. The number of fused-ring (bicyclic) bond motifs is 1. The lowest BCUT2D eigenvalue weighted by Crippen LogP contribution is -2.62. The van der Waals surface area contributed by atoms with Crippen LogP contribution in [0, 0.1) is 11.3 Å². The maximum Gasteiger partial charge on any atom is 0.306 e. The lowest BCUT2D eigenvalue weighted by Gasteiger charge is -2.59.